The quantitative estimate of drug-likeness (QED) is 0.589. The van der Waals surface area contributed by atoms with Crippen LogP contribution < -0.4 is 21.7 Å². The maximum Gasteiger partial charge on any atom is 0.322 e. The Hall–Kier alpha value is -2.12. The fourth-order valence-corrected chi connectivity index (χ4v) is 2.05. The van der Waals surface area contributed by atoms with E-state index >= 15 is 0 Å². The lowest BCUT2D eigenvalue weighted by Gasteiger charge is -2.21. The monoisotopic (exact) mass is 326 g/mol. The van der Waals surface area contributed by atoms with Gasteiger partial charge in [0.05, 0.1) is 6.04 Å². The molecule has 0 spiro atoms. The number of amides is 4. The Bertz CT molecular complexity index is 588. The van der Waals surface area contributed by atoms with Gasteiger partial charge in [-0.15, -0.1) is 12.4 Å². The third kappa shape index (κ3) is 3.55. The minimum absolute atomic E-state index is 0. The maximum absolute atomic E-state index is 11.8. The van der Waals surface area contributed by atoms with E-state index in [-0.39, 0.29) is 24.2 Å². The third-order valence-electron chi connectivity index (χ3n) is 3.46. The molecule has 0 radical (unpaired) electrons. The molecule has 2 atom stereocenters. The summed E-state index contributed by atoms with van der Waals surface area (Å²) in [4.78, 5) is 34.5. The molecule has 1 aromatic rings. The molecule has 8 heteroatoms. The molecule has 1 unspecified atom stereocenters. The van der Waals surface area contributed by atoms with Crippen LogP contribution in [-0.4, -0.2) is 23.9 Å². The van der Waals surface area contributed by atoms with Crippen LogP contribution >= 0.6 is 12.4 Å². The second-order valence-electron chi connectivity index (χ2n) is 5.24. The van der Waals surface area contributed by atoms with Crippen LogP contribution in [0.5, 0.6) is 0 Å². The average Bonchev–Trinajstić information content (AvgIpc) is 2.70. The van der Waals surface area contributed by atoms with E-state index in [1.165, 1.54) is 0 Å². The van der Waals surface area contributed by atoms with E-state index in [2.05, 4.69) is 16.0 Å². The van der Waals surface area contributed by atoms with Crippen molar-refractivity contribution in [1.29, 1.82) is 0 Å². The van der Waals surface area contributed by atoms with Gasteiger partial charge in [0, 0.05) is 6.54 Å². The minimum Gasteiger partial charge on any atom is -0.351 e. The lowest BCUT2D eigenvalue weighted by atomic mass is 9.91. The zero-order chi connectivity index (χ0) is 15.6. The lowest BCUT2D eigenvalue weighted by Crippen LogP contribution is -2.40. The molecule has 0 bridgehead atoms. The van der Waals surface area contributed by atoms with Gasteiger partial charge in [-0.25, -0.2) is 4.79 Å². The fraction of sp³-hybridized carbons (Fsp3) is 0.357. The van der Waals surface area contributed by atoms with Crippen molar-refractivity contribution in [1.82, 2.24) is 16.0 Å². The number of benzene rings is 1. The number of nitrogens with one attached hydrogen (secondary N) is 3. The number of carbonyl (C=O) groups excluding carboxylic acids is 3. The van der Waals surface area contributed by atoms with Crippen molar-refractivity contribution < 1.29 is 14.4 Å². The molecular weight excluding hydrogens is 308 g/mol. The SMILES string of the molecule is C[C@@H](N)C(=O)NCc1ccc(C2(C)NC(=O)NC2=O)cc1.Cl. The minimum atomic E-state index is -1.06. The summed E-state index contributed by atoms with van der Waals surface area (Å²) in [5, 5.41) is 7.51. The van der Waals surface area contributed by atoms with Gasteiger partial charge in [0.15, 0.2) is 0 Å². The molecule has 1 aromatic carbocycles. The molecule has 2 rings (SSSR count). The highest BCUT2D eigenvalue weighted by atomic mass is 35.5. The van der Waals surface area contributed by atoms with Crippen molar-refractivity contribution in [3.63, 3.8) is 0 Å². The van der Waals surface area contributed by atoms with E-state index in [4.69, 9.17) is 5.73 Å². The van der Waals surface area contributed by atoms with E-state index in [0.717, 1.165) is 5.56 Å². The van der Waals surface area contributed by atoms with E-state index in [1.807, 2.05) is 0 Å². The first-order valence-corrected chi connectivity index (χ1v) is 6.59. The summed E-state index contributed by atoms with van der Waals surface area (Å²) in [5.41, 5.74) is 5.94. The smallest absolute Gasteiger partial charge is 0.322 e. The van der Waals surface area contributed by atoms with Gasteiger partial charge < -0.3 is 16.4 Å². The number of nitrogens with two attached hydrogens (primary N) is 1. The predicted molar refractivity (Wildman–Crippen MR) is 83.2 cm³/mol. The molecule has 1 heterocycles. The number of urea groups is 1. The molecule has 7 nitrogen and oxygen atoms in total. The Morgan fingerprint density at radius 1 is 1.32 bits per heavy atom. The Kier molecular flexibility index (Phi) is 5.51. The van der Waals surface area contributed by atoms with Crippen molar-refractivity contribution in [2.24, 2.45) is 5.73 Å². The summed E-state index contributed by atoms with van der Waals surface area (Å²) in [5.74, 6) is -0.612. The molecular formula is C14H19ClN4O3. The van der Waals surface area contributed by atoms with E-state index < -0.39 is 17.6 Å². The largest absolute Gasteiger partial charge is 0.351 e. The van der Waals surface area contributed by atoms with Gasteiger partial charge in [-0.05, 0) is 25.0 Å². The Balaban J connectivity index is 0.00000242. The normalized spacial score (nSPS) is 21.4. The molecule has 5 N–H and O–H groups in total. The predicted octanol–water partition coefficient (Wildman–Crippen LogP) is 0.126. The average molecular weight is 327 g/mol. The highest BCUT2D eigenvalue weighted by Crippen LogP contribution is 2.24. The van der Waals surface area contributed by atoms with Crippen LogP contribution in [0, 0.1) is 0 Å². The number of halogens is 1. The van der Waals surface area contributed by atoms with Crippen molar-refractivity contribution in [2.45, 2.75) is 32.0 Å². The second-order valence-corrected chi connectivity index (χ2v) is 5.24. The van der Waals surface area contributed by atoms with Gasteiger partial charge in [0.2, 0.25) is 5.91 Å². The standard InChI is InChI=1S/C14H18N4O3.ClH/c1-8(15)11(19)16-7-9-3-5-10(6-4-9)14(2)12(20)17-13(21)18-14;/h3-6,8H,7,15H2,1-2H3,(H,16,19)(H2,17,18,20,21);1H/t8-,14?;/m1./s1. The highest BCUT2D eigenvalue weighted by molar-refractivity contribution is 6.07. The van der Waals surface area contributed by atoms with Gasteiger partial charge in [-0.2, -0.15) is 0 Å². The third-order valence-corrected chi connectivity index (χ3v) is 3.46. The summed E-state index contributed by atoms with van der Waals surface area (Å²) in [6.45, 7) is 3.61. The molecule has 1 aliphatic rings. The zero-order valence-corrected chi connectivity index (χ0v) is 13.1. The second kappa shape index (κ2) is 6.76. The van der Waals surface area contributed by atoms with Gasteiger partial charge in [0.25, 0.3) is 5.91 Å². The molecule has 1 aliphatic heterocycles. The first-order chi connectivity index (χ1) is 9.83. The first kappa shape index (κ1) is 17.9. The molecule has 22 heavy (non-hydrogen) atoms. The number of rotatable bonds is 4. The highest BCUT2D eigenvalue weighted by Gasteiger charge is 2.43. The molecule has 0 aromatic heterocycles. The van der Waals surface area contributed by atoms with E-state index in [1.54, 1.807) is 38.1 Å². The topological polar surface area (TPSA) is 113 Å². The Morgan fingerprint density at radius 3 is 2.36 bits per heavy atom. The van der Waals surface area contributed by atoms with Crippen LogP contribution in [0.1, 0.15) is 25.0 Å². The Morgan fingerprint density at radius 2 is 1.91 bits per heavy atom. The van der Waals surface area contributed by atoms with Crippen molar-refractivity contribution in [3.8, 4) is 0 Å². The molecule has 0 aliphatic carbocycles. The van der Waals surface area contributed by atoms with Crippen LogP contribution in [0.2, 0.25) is 0 Å². The van der Waals surface area contributed by atoms with Gasteiger partial charge in [0.1, 0.15) is 5.54 Å². The number of carbonyl (C=O) groups is 3. The summed E-state index contributed by atoms with van der Waals surface area (Å²) < 4.78 is 0. The number of hydrogen-bond acceptors (Lipinski definition) is 4. The molecule has 1 fully saturated rings. The zero-order valence-electron chi connectivity index (χ0n) is 12.3. The number of imide groups is 1. The van der Waals surface area contributed by atoms with Crippen molar-refractivity contribution in [2.75, 3.05) is 0 Å². The maximum atomic E-state index is 11.8. The van der Waals surface area contributed by atoms with Gasteiger partial charge in [-0.1, -0.05) is 24.3 Å². The first-order valence-electron chi connectivity index (χ1n) is 6.59. The van der Waals surface area contributed by atoms with Crippen molar-refractivity contribution >= 4 is 30.3 Å². The van der Waals surface area contributed by atoms with Crippen LogP contribution in [-0.2, 0) is 21.7 Å². The molecule has 1 saturated heterocycles. The summed E-state index contributed by atoms with van der Waals surface area (Å²) in [6, 6.07) is 6.02. The molecule has 0 saturated carbocycles. The van der Waals surface area contributed by atoms with E-state index in [9.17, 15) is 14.4 Å². The fourth-order valence-electron chi connectivity index (χ4n) is 2.05. The van der Waals surface area contributed by atoms with Crippen LogP contribution in [0.25, 0.3) is 0 Å². The van der Waals surface area contributed by atoms with Gasteiger partial charge in [-0.3, -0.25) is 14.9 Å². The van der Waals surface area contributed by atoms with Crippen LogP contribution in [0.15, 0.2) is 24.3 Å². The summed E-state index contributed by atoms with van der Waals surface area (Å²) in [7, 11) is 0. The summed E-state index contributed by atoms with van der Waals surface area (Å²) in [6.07, 6.45) is 0. The Labute approximate surface area is 134 Å². The van der Waals surface area contributed by atoms with Crippen LogP contribution in [0.4, 0.5) is 4.79 Å². The number of hydrogen-bond donors (Lipinski definition) is 4. The molecule has 4 amide bonds. The lowest BCUT2D eigenvalue weighted by molar-refractivity contribution is -0.124. The molecule has 120 valence electrons. The van der Waals surface area contributed by atoms with E-state index in [0.29, 0.717) is 12.1 Å². The van der Waals surface area contributed by atoms with Crippen LogP contribution in [0.3, 0.4) is 0 Å². The van der Waals surface area contributed by atoms with Crippen molar-refractivity contribution in [3.05, 3.63) is 35.4 Å². The summed E-state index contributed by atoms with van der Waals surface area (Å²) >= 11 is 0. The van der Waals surface area contributed by atoms with Gasteiger partial charge >= 0.3 is 6.03 Å².